The van der Waals surface area contributed by atoms with E-state index < -0.39 is 0 Å². The molecule has 5 heteroatoms. The van der Waals surface area contributed by atoms with E-state index in [1.165, 1.54) is 0 Å². The van der Waals surface area contributed by atoms with Crippen LogP contribution in [0.15, 0.2) is 46.0 Å². The molecule has 3 rings (SSSR count). The third-order valence-corrected chi connectivity index (χ3v) is 4.81. The smallest absolute Gasteiger partial charge is 0.315 e. The van der Waals surface area contributed by atoms with E-state index in [0.717, 1.165) is 8.78 Å². The van der Waals surface area contributed by atoms with Crippen molar-refractivity contribution in [1.82, 2.24) is 4.98 Å². The number of fused-ring (bicyclic) bond motifs is 1. The standard InChI is InChI=1S/C17H15Br2NO2/c1-17(2)11(9-13(18)19)14(17)16(21)22-12-7-3-5-10-6-4-8-20-15(10)12/h3-9,11,14H,1-2H3/t11-,14+/m1/s1. The van der Waals surface area contributed by atoms with E-state index in [1.54, 1.807) is 12.3 Å². The lowest BCUT2D eigenvalue weighted by molar-refractivity contribution is -0.136. The second-order valence-electron chi connectivity index (χ2n) is 6.03. The van der Waals surface area contributed by atoms with Gasteiger partial charge in [0.05, 0.1) is 9.31 Å². The third-order valence-electron chi connectivity index (χ3n) is 4.28. The summed E-state index contributed by atoms with van der Waals surface area (Å²) in [7, 11) is 0. The van der Waals surface area contributed by atoms with Crippen LogP contribution < -0.4 is 4.74 Å². The Morgan fingerprint density at radius 3 is 2.73 bits per heavy atom. The Kier molecular flexibility index (Phi) is 4.12. The molecule has 114 valence electrons. The number of para-hydroxylation sites is 1. The summed E-state index contributed by atoms with van der Waals surface area (Å²) in [6, 6.07) is 9.43. The number of hydrogen-bond donors (Lipinski definition) is 0. The van der Waals surface area contributed by atoms with Crippen LogP contribution in [0.2, 0.25) is 0 Å². The summed E-state index contributed by atoms with van der Waals surface area (Å²) in [6.07, 6.45) is 3.71. The summed E-state index contributed by atoms with van der Waals surface area (Å²) in [5.41, 5.74) is 0.618. The lowest BCUT2D eigenvalue weighted by atomic mass is 10.1. The summed E-state index contributed by atoms with van der Waals surface area (Å²) in [6.45, 7) is 4.15. The molecule has 0 saturated heterocycles. The van der Waals surface area contributed by atoms with Crippen molar-refractivity contribution in [2.45, 2.75) is 13.8 Å². The molecular weight excluding hydrogens is 410 g/mol. The Bertz CT molecular complexity index is 761. The monoisotopic (exact) mass is 423 g/mol. The molecule has 0 bridgehead atoms. The van der Waals surface area contributed by atoms with E-state index in [9.17, 15) is 4.79 Å². The molecule has 2 atom stereocenters. The number of allylic oxidation sites excluding steroid dienone is 1. The van der Waals surface area contributed by atoms with E-state index in [-0.39, 0.29) is 23.2 Å². The largest absolute Gasteiger partial charge is 0.424 e. The molecule has 0 radical (unpaired) electrons. The second kappa shape index (κ2) is 5.78. The van der Waals surface area contributed by atoms with Gasteiger partial charge in [0.2, 0.25) is 0 Å². The van der Waals surface area contributed by atoms with Crippen molar-refractivity contribution in [3.63, 3.8) is 0 Å². The van der Waals surface area contributed by atoms with Gasteiger partial charge in [-0.2, -0.15) is 0 Å². The van der Waals surface area contributed by atoms with Gasteiger partial charge in [0.1, 0.15) is 5.52 Å². The van der Waals surface area contributed by atoms with Gasteiger partial charge in [-0.05, 0) is 55.3 Å². The minimum Gasteiger partial charge on any atom is -0.424 e. The minimum atomic E-state index is -0.203. The number of nitrogens with zero attached hydrogens (tertiary/aromatic N) is 1. The number of carbonyl (C=O) groups excluding carboxylic acids is 1. The van der Waals surface area contributed by atoms with Gasteiger partial charge >= 0.3 is 5.97 Å². The van der Waals surface area contributed by atoms with E-state index in [4.69, 9.17) is 4.74 Å². The molecule has 1 heterocycles. The van der Waals surface area contributed by atoms with Crippen molar-refractivity contribution < 1.29 is 9.53 Å². The van der Waals surface area contributed by atoms with Crippen molar-refractivity contribution in [3.8, 4) is 5.75 Å². The Morgan fingerprint density at radius 2 is 2.00 bits per heavy atom. The van der Waals surface area contributed by atoms with Crippen LogP contribution in [0, 0.1) is 17.3 Å². The highest BCUT2D eigenvalue weighted by Gasteiger charge is 2.61. The first kappa shape index (κ1) is 15.7. The van der Waals surface area contributed by atoms with Gasteiger partial charge in [0, 0.05) is 11.6 Å². The molecule has 0 unspecified atom stereocenters. The molecule has 0 aliphatic heterocycles. The van der Waals surface area contributed by atoms with Crippen LogP contribution in [0.1, 0.15) is 13.8 Å². The van der Waals surface area contributed by atoms with Crippen LogP contribution >= 0.6 is 31.9 Å². The maximum atomic E-state index is 12.5. The number of aromatic nitrogens is 1. The predicted molar refractivity (Wildman–Crippen MR) is 94.1 cm³/mol. The van der Waals surface area contributed by atoms with Crippen LogP contribution in [-0.4, -0.2) is 11.0 Å². The Hall–Kier alpha value is -1.20. The van der Waals surface area contributed by atoms with Gasteiger partial charge < -0.3 is 4.74 Å². The van der Waals surface area contributed by atoms with Gasteiger partial charge in [-0.1, -0.05) is 38.1 Å². The van der Waals surface area contributed by atoms with Crippen molar-refractivity contribution in [2.24, 2.45) is 17.3 Å². The SMILES string of the molecule is CC1(C)[C@H](C=C(Br)Br)[C@H]1C(=O)Oc1cccc2cccnc12. The molecule has 3 nitrogen and oxygen atoms in total. The van der Waals surface area contributed by atoms with Crippen LogP contribution in [0.5, 0.6) is 5.75 Å². The van der Waals surface area contributed by atoms with E-state index in [2.05, 4.69) is 50.7 Å². The molecule has 2 aromatic rings. The number of esters is 1. The van der Waals surface area contributed by atoms with E-state index >= 15 is 0 Å². The highest BCUT2D eigenvalue weighted by Crippen LogP contribution is 2.60. The number of pyridine rings is 1. The number of halogens is 2. The fraction of sp³-hybridized carbons (Fsp3) is 0.294. The van der Waals surface area contributed by atoms with Gasteiger partial charge in [-0.15, -0.1) is 0 Å². The summed E-state index contributed by atoms with van der Waals surface area (Å²) in [5.74, 6) is 0.338. The molecule has 0 spiro atoms. The van der Waals surface area contributed by atoms with Crippen LogP contribution in [-0.2, 0) is 4.79 Å². The molecule has 1 fully saturated rings. The summed E-state index contributed by atoms with van der Waals surface area (Å²) >= 11 is 6.72. The Balaban J connectivity index is 1.84. The Morgan fingerprint density at radius 1 is 1.27 bits per heavy atom. The summed E-state index contributed by atoms with van der Waals surface area (Å²) in [5, 5.41) is 0.961. The average molecular weight is 425 g/mol. The van der Waals surface area contributed by atoms with Crippen LogP contribution in [0.4, 0.5) is 0 Å². The zero-order valence-electron chi connectivity index (χ0n) is 12.2. The van der Waals surface area contributed by atoms with Crippen molar-refractivity contribution in [3.05, 3.63) is 46.0 Å². The van der Waals surface area contributed by atoms with Crippen molar-refractivity contribution >= 4 is 48.7 Å². The topological polar surface area (TPSA) is 39.2 Å². The maximum absolute atomic E-state index is 12.5. The fourth-order valence-corrected chi connectivity index (χ4v) is 3.47. The van der Waals surface area contributed by atoms with Crippen molar-refractivity contribution in [2.75, 3.05) is 0 Å². The van der Waals surface area contributed by atoms with Gasteiger partial charge in [0.15, 0.2) is 5.75 Å². The fourth-order valence-electron chi connectivity index (χ4n) is 2.91. The highest BCUT2D eigenvalue weighted by atomic mass is 79.9. The first-order chi connectivity index (χ1) is 10.4. The second-order valence-corrected chi connectivity index (χ2v) is 8.81. The van der Waals surface area contributed by atoms with Crippen molar-refractivity contribution in [1.29, 1.82) is 0 Å². The zero-order chi connectivity index (χ0) is 15.9. The molecular formula is C17H15Br2NO2. The predicted octanol–water partition coefficient (Wildman–Crippen LogP) is 5.04. The maximum Gasteiger partial charge on any atom is 0.315 e. The normalized spacial score (nSPS) is 22.2. The molecule has 1 aromatic heterocycles. The molecule has 1 aliphatic rings. The molecule has 1 saturated carbocycles. The number of benzene rings is 1. The van der Waals surface area contributed by atoms with Gasteiger partial charge in [-0.25, -0.2) is 0 Å². The minimum absolute atomic E-state index is 0.0954. The zero-order valence-corrected chi connectivity index (χ0v) is 15.4. The number of hydrogen-bond acceptors (Lipinski definition) is 3. The number of carbonyl (C=O) groups is 1. The molecule has 0 N–H and O–H groups in total. The summed E-state index contributed by atoms with van der Waals surface area (Å²) < 4.78 is 6.50. The Labute approximate surface area is 146 Å². The molecule has 1 aromatic carbocycles. The van der Waals surface area contributed by atoms with Crippen LogP contribution in [0.25, 0.3) is 10.9 Å². The molecule has 0 amide bonds. The van der Waals surface area contributed by atoms with Crippen LogP contribution in [0.3, 0.4) is 0 Å². The third kappa shape index (κ3) is 2.84. The summed E-state index contributed by atoms with van der Waals surface area (Å²) in [4.78, 5) is 16.8. The number of rotatable bonds is 3. The average Bonchev–Trinajstić information content (AvgIpc) is 2.99. The lowest BCUT2D eigenvalue weighted by Gasteiger charge is -2.07. The lowest BCUT2D eigenvalue weighted by Crippen LogP contribution is -2.14. The molecule has 22 heavy (non-hydrogen) atoms. The number of ether oxygens (including phenoxy) is 1. The van der Waals surface area contributed by atoms with Gasteiger partial charge in [0.25, 0.3) is 0 Å². The first-order valence-corrected chi connectivity index (χ1v) is 8.58. The molecule has 1 aliphatic carbocycles. The first-order valence-electron chi connectivity index (χ1n) is 6.99. The van der Waals surface area contributed by atoms with Gasteiger partial charge in [-0.3, -0.25) is 9.78 Å². The van der Waals surface area contributed by atoms with E-state index in [1.807, 2.05) is 30.3 Å². The van der Waals surface area contributed by atoms with E-state index in [0.29, 0.717) is 11.3 Å². The quantitative estimate of drug-likeness (QED) is 0.511. The highest BCUT2D eigenvalue weighted by molar-refractivity contribution is 9.28.